The Morgan fingerprint density at radius 2 is 1.89 bits per heavy atom. The molecule has 0 radical (unpaired) electrons. The van der Waals surface area contributed by atoms with E-state index < -0.39 is 0 Å². The lowest BCUT2D eigenvalue weighted by Gasteiger charge is -2.08. The first-order valence-corrected chi connectivity index (χ1v) is 9.69. The Morgan fingerprint density at radius 1 is 1.11 bits per heavy atom. The van der Waals surface area contributed by atoms with Crippen molar-refractivity contribution in [3.63, 3.8) is 0 Å². The van der Waals surface area contributed by atoms with Crippen LogP contribution in [0.5, 0.6) is 5.75 Å². The van der Waals surface area contributed by atoms with Crippen LogP contribution in [0, 0.1) is 6.92 Å². The number of nitrogen functional groups attached to an aromatic ring is 1. The van der Waals surface area contributed by atoms with E-state index in [-0.39, 0.29) is 5.56 Å². The van der Waals surface area contributed by atoms with Crippen molar-refractivity contribution in [3.05, 3.63) is 81.3 Å². The number of thioether (sulfide) groups is 1. The third-order valence-electron chi connectivity index (χ3n) is 3.98. The molecule has 0 fully saturated rings. The molecular formula is C20H22N4O2S. The Bertz CT molecular complexity index is 970. The highest BCUT2D eigenvalue weighted by Crippen LogP contribution is 2.19. The van der Waals surface area contributed by atoms with Crippen LogP contribution in [0.4, 0.5) is 0 Å². The summed E-state index contributed by atoms with van der Waals surface area (Å²) in [6, 6.07) is 15.8. The minimum absolute atomic E-state index is 0.321. The Balaban J connectivity index is 1.71. The minimum atomic E-state index is -0.328. The van der Waals surface area contributed by atoms with E-state index in [9.17, 15) is 4.79 Å². The van der Waals surface area contributed by atoms with Crippen LogP contribution in [-0.4, -0.2) is 21.5 Å². The highest BCUT2D eigenvalue weighted by Gasteiger charge is 2.12. The van der Waals surface area contributed by atoms with Crippen LogP contribution in [-0.2, 0) is 12.2 Å². The zero-order valence-electron chi connectivity index (χ0n) is 15.4. The normalized spacial score (nSPS) is 10.7. The second-order valence-electron chi connectivity index (χ2n) is 6.14. The van der Waals surface area contributed by atoms with E-state index in [2.05, 4.69) is 16.3 Å². The summed E-state index contributed by atoms with van der Waals surface area (Å²) in [5.41, 5.74) is 3.28. The molecule has 0 unspecified atom stereocenters. The average molecular weight is 382 g/mol. The summed E-state index contributed by atoms with van der Waals surface area (Å²) in [6.45, 7) is 4.60. The van der Waals surface area contributed by atoms with Gasteiger partial charge in [0.2, 0.25) is 5.16 Å². The summed E-state index contributed by atoms with van der Waals surface area (Å²) in [5.74, 6) is 7.43. The molecule has 27 heavy (non-hydrogen) atoms. The molecule has 0 bridgehead atoms. The highest BCUT2D eigenvalue weighted by molar-refractivity contribution is 7.98. The molecule has 140 valence electrons. The Morgan fingerprint density at radius 3 is 2.59 bits per heavy atom. The second kappa shape index (κ2) is 8.73. The summed E-state index contributed by atoms with van der Waals surface area (Å²) in [7, 11) is 0. The van der Waals surface area contributed by atoms with Gasteiger partial charge in [0.15, 0.2) is 0 Å². The largest absolute Gasteiger partial charge is 0.494 e. The first-order valence-electron chi connectivity index (χ1n) is 8.70. The van der Waals surface area contributed by atoms with Crippen LogP contribution >= 0.6 is 11.8 Å². The van der Waals surface area contributed by atoms with Gasteiger partial charge >= 0.3 is 0 Å². The van der Waals surface area contributed by atoms with E-state index in [4.69, 9.17) is 10.6 Å². The molecule has 3 aromatic rings. The molecule has 6 nitrogen and oxygen atoms in total. The number of hydrogen-bond donors (Lipinski definition) is 1. The summed E-state index contributed by atoms with van der Waals surface area (Å²) >= 11 is 1.39. The fourth-order valence-electron chi connectivity index (χ4n) is 2.64. The maximum Gasteiger partial charge on any atom is 0.294 e. The van der Waals surface area contributed by atoms with Gasteiger partial charge in [-0.05, 0) is 37.1 Å². The predicted molar refractivity (Wildman–Crippen MR) is 108 cm³/mol. The lowest BCUT2D eigenvalue weighted by molar-refractivity contribution is 0.340. The van der Waals surface area contributed by atoms with E-state index in [0.29, 0.717) is 29.6 Å². The lowest BCUT2D eigenvalue weighted by Crippen LogP contribution is -2.33. The number of hydrogen-bond acceptors (Lipinski definition) is 6. The minimum Gasteiger partial charge on any atom is -0.494 e. The van der Waals surface area contributed by atoms with Gasteiger partial charge in [0.1, 0.15) is 11.4 Å². The summed E-state index contributed by atoms with van der Waals surface area (Å²) in [6.07, 6.45) is 0.373. The van der Waals surface area contributed by atoms with Crippen LogP contribution in [0.2, 0.25) is 0 Å². The monoisotopic (exact) mass is 382 g/mol. The van der Waals surface area contributed by atoms with Crippen molar-refractivity contribution in [3.8, 4) is 5.75 Å². The first-order chi connectivity index (χ1) is 13.1. The van der Waals surface area contributed by atoms with Crippen molar-refractivity contribution in [1.82, 2.24) is 14.9 Å². The van der Waals surface area contributed by atoms with Gasteiger partial charge < -0.3 is 10.6 Å². The Hall–Kier alpha value is -2.80. The number of ether oxygens (including phenoxy) is 1. The van der Waals surface area contributed by atoms with Gasteiger partial charge in [-0.25, -0.2) is 0 Å². The maximum atomic E-state index is 12.5. The van der Waals surface area contributed by atoms with Gasteiger partial charge in [0.05, 0.1) is 6.61 Å². The van der Waals surface area contributed by atoms with E-state index in [1.54, 1.807) is 0 Å². The molecule has 0 saturated heterocycles. The first kappa shape index (κ1) is 19.0. The summed E-state index contributed by atoms with van der Waals surface area (Å²) in [4.78, 5) is 12.5. The van der Waals surface area contributed by atoms with Gasteiger partial charge in [-0.15, -0.1) is 10.2 Å². The fraction of sp³-hybridized carbons (Fsp3) is 0.250. The van der Waals surface area contributed by atoms with E-state index in [0.717, 1.165) is 21.6 Å². The quantitative estimate of drug-likeness (QED) is 0.500. The molecule has 0 aliphatic rings. The van der Waals surface area contributed by atoms with Crippen LogP contribution in [0.1, 0.15) is 29.3 Å². The molecule has 0 aliphatic carbocycles. The number of aromatic nitrogens is 3. The van der Waals surface area contributed by atoms with Crippen molar-refractivity contribution >= 4 is 11.8 Å². The van der Waals surface area contributed by atoms with Crippen LogP contribution in [0.15, 0.2) is 58.5 Å². The Labute approximate surface area is 162 Å². The van der Waals surface area contributed by atoms with E-state index >= 15 is 0 Å². The third-order valence-corrected chi connectivity index (χ3v) is 5.00. The molecular weight excluding hydrogens is 360 g/mol. The number of nitrogens with two attached hydrogens (primary N) is 1. The molecule has 3 rings (SSSR count). The average Bonchev–Trinajstić information content (AvgIpc) is 2.67. The van der Waals surface area contributed by atoms with Crippen molar-refractivity contribution in [2.75, 3.05) is 12.4 Å². The topological polar surface area (TPSA) is 83.0 Å². The molecule has 7 heteroatoms. The number of nitrogens with zero attached hydrogens (tertiary/aromatic N) is 3. The second-order valence-corrected chi connectivity index (χ2v) is 7.08. The zero-order valence-corrected chi connectivity index (χ0v) is 16.2. The molecule has 0 spiro atoms. The highest BCUT2D eigenvalue weighted by atomic mass is 32.2. The SMILES string of the molecule is CCOc1ccc(Cc2nnc(SCc3cccc(C)c3)n(N)c2=O)cc1. The number of benzene rings is 2. The summed E-state index contributed by atoms with van der Waals surface area (Å²) < 4.78 is 6.50. The van der Waals surface area contributed by atoms with Crippen molar-refractivity contribution in [2.45, 2.75) is 31.2 Å². The van der Waals surface area contributed by atoms with E-state index in [1.165, 1.54) is 17.3 Å². The van der Waals surface area contributed by atoms with Gasteiger partial charge in [0, 0.05) is 12.2 Å². The standard InChI is InChI=1S/C20H22N4O2S/c1-3-26-17-9-7-15(8-10-17)12-18-19(25)24(21)20(23-22-18)27-13-16-6-4-5-14(2)11-16/h4-11H,3,12-13,21H2,1-2H3. The third kappa shape index (κ3) is 4.89. The zero-order chi connectivity index (χ0) is 19.2. The molecule has 2 aromatic carbocycles. The van der Waals surface area contributed by atoms with Crippen molar-refractivity contribution in [2.24, 2.45) is 0 Å². The van der Waals surface area contributed by atoms with Crippen molar-refractivity contribution in [1.29, 1.82) is 0 Å². The number of rotatable bonds is 7. The molecule has 0 saturated carbocycles. The number of aryl methyl sites for hydroxylation is 1. The molecule has 1 heterocycles. The maximum absolute atomic E-state index is 12.5. The van der Waals surface area contributed by atoms with Crippen LogP contribution in [0.3, 0.4) is 0 Å². The molecule has 0 amide bonds. The summed E-state index contributed by atoms with van der Waals surface area (Å²) in [5, 5.41) is 8.65. The van der Waals surface area contributed by atoms with Gasteiger partial charge in [-0.2, -0.15) is 4.68 Å². The van der Waals surface area contributed by atoms with E-state index in [1.807, 2.05) is 56.3 Å². The molecule has 2 N–H and O–H groups in total. The van der Waals surface area contributed by atoms with Gasteiger partial charge in [-0.3, -0.25) is 4.79 Å². The van der Waals surface area contributed by atoms with Gasteiger partial charge in [-0.1, -0.05) is 53.7 Å². The van der Waals surface area contributed by atoms with Crippen LogP contribution in [0.25, 0.3) is 0 Å². The Kier molecular flexibility index (Phi) is 6.13. The van der Waals surface area contributed by atoms with Crippen molar-refractivity contribution < 1.29 is 4.74 Å². The predicted octanol–water partition coefficient (Wildman–Crippen LogP) is 2.94. The molecule has 1 aromatic heterocycles. The fourth-order valence-corrected chi connectivity index (χ4v) is 3.44. The van der Waals surface area contributed by atoms with Gasteiger partial charge in [0.25, 0.3) is 5.56 Å². The lowest BCUT2D eigenvalue weighted by atomic mass is 10.1. The smallest absolute Gasteiger partial charge is 0.294 e. The van der Waals surface area contributed by atoms with Crippen LogP contribution < -0.4 is 16.1 Å². The molecule has 0 atom stereocenters. The molecule has 0 aliphatic heterocycles.